The van der Waals surface area contributed by atoms with Crippen molar-refractivity contribution in [2.24, 2.45) is 0 Å². The van der Waals surface area contributed by atoms with Gasteiger partial charge in [0.1, 0.15) is 0 Å². The molecule has 2 nitrogen and oxygen atoms in total. The maximum absolute atomic E-state index is 10.4. The first-order valence-electron chi connectivity index (χ1n) is 4.94. The number of thiazole rings is 1. The molecule has 16 heavy (non-hydrogen) atoms. The molecule has 2 aromatic rings. The molecule has 0 saturated carbocycles. The number of benzene rings is 1. The quantitative estimate of drug-likeness (QED) is 0.911. The summed E-state index contributed by atoms with van der Waals surface area (Å²) < 4.78 is 0. The van der Waals surface area contributed by atoms with Crippen LogP contribution in [0.3, 0.4) is 0 Å². The number of halogens is 1. The van der Waals surface area contributed by atoms with Crippen molar-refractivity contribution in [2.75, 3.05) is 0 Å². The highest BCUT2D eigenvalue weighted by Gasteiger charge is 2.23. The minimum atomic E-state index is -0.878. The van der Waals surface area contributed by atoms with Gasteiger partial charge in [-0.3, -0.25) is 4.98 Å². The Bertz CT molecular complexity index is 450. The first-order valence-corrected chi connectivity index (χ1v) is 6.19. The van der Waals surface area contributed by atoms with Crippen LogP contribution in [-0.4, -0.2) is 10.1 Å². The highest BCUT2D eigenvalue weighted by atomic mass is 35.5. The second-order valence-corrected chi connectivity index (χ2v) is 5.33. The fourth-order valence-corrected chi connectivity index (χ4v) is 2.45. The zero-order valence-electron chi connectivity index (χ0n) is 8.85. The summed E-state index contributed by atoms with van der Waals surface area (Å²) in [5.74, 6) is 0. The van der Waals surface area contributed by atoms with Crippen molar-refractivity contribution in [2.45, 2.75) is 18.9 Å². The molecule has 4 heteroatoms. The van der Waals surface area contributed by atoms with E-state index in [-0.39, 0.29) is 0 Å². The fraction of sp³-hybridized carbons (Fsp3) is 0.250. The topological polar surface area (TPSA) is 33.1 Å². The van der Waals surface area contributed by atoms with Gasteiger partial charge in [0, 0.05) is 22.5 Å². The van der Waals surface area contributed by atoms with Crippen LogP contribution in [0.4, 0.5) is 0 Å². The van der Waals surface area contributed by atoms with Crippen molar-refractivity contribution in [1.82, 2.24) is 4.98 Å². The molecular formula is C12H12ClNOS. The second kappa shape index (κ2) is 4.53. The molecule has 0 radical (unpaired) electrons. The van der Waals surface area contributed by atoms with E-state index in [1.807, 2.05) is 12.1 Å². The number of rotatable bonds is 3. The summed E-state index contributed by atoms with van der Waals surface area (Å²) in [5, 5.41) is 11.1. The molecule has 2 rings (SSSR count). The van der Waals surface area contributed by atoms with E-state index >= 15 is 0 Å². The van der Waals surface area contributed by atoms with Crippen LogP contribution in [0.15, 0.2) is 36.0 Å². The molecule has 1 unspecified atom stereocenters. The summed E-state index contributed by atoms with van der Waals surface area (Å²) >= 11 is 7.37. The summed E-state index contributed by atoms with van der Waals surface area (Å²) in [7, 11) is 0. The monoisotopic (exact) mass is 253 g/mol. The van der Waals surface area contributed by atoms with Crippen molar-refractivity contribution < 1.29 is 5.11 Å². The zero-order chi connectivity index (χ0) is 11.6. The molecule has 0 fully saturated rings. The van der Waals surface area contributed by atoms with E-state index in [1.165, 1.54) is 0 Å². The van der Waals surface area contributed by atoms with Gasteiger partial charge in [-0.15, -0.1) is 11.3 Å². The van der Waals surface area contributed by atoms with E-state index in [9.17, 15) is 5.11 Å². The van der Waals surface area contributed by atoms with E-state index in [0.717, 1.165) is 10.4 Å². The van der Waals surface area contributed by atoms with Crippen LogP contribution in [0, 0.1) is 0 Å². The number of aliphatic hydroxyl groups is 1. The molecule has 1 aromatic heterocycles. The standard InChI is InChI=1S/C12H12ClNOS/c1-12(15,6-11-7-14-8-16-11)9-2-4-10(13)5-3-9/h2-5,7-8,15H,6H2,1H3. The third kappa shape index (κ3) is 2.61. The van der Waals surface area contributed by atoms with Crippen molar-refractivity contribution in [1.29, 1.82) is 0 Å². The highest BCUT2D eigenvalue weighted by molar-refractivity contribution is 7.09. The average molecular weight is 254 g/mol. The van der Waals surface area contributed by atoms with Crippen LogP contribution in [0.2, 0.25) is 5.02 Å². The molecule has 1 N–H and O–H groups in total. The van der Waals surface area contributed by atoms with Crippen LogP contribution in [0.25, 0.3) is 0 Å². The predicted molar refractivity (Wildman–Crippen MR) is 66.8 cm³/mol. The Hall–Kier alpha value is -0.900. The smallest absolute Gasteiger partial charge is 0.0917 e. The lowest BCUT2D eigenvalue weighted by Gasteiger charge is -2.23. The van der Waals surface area contributed by atoms with Crippen molar-refractivity contribution in [3.63, 3.8) is 0 Å². The van der Waals surface area contributed by atoms with Gasteiger partial charge in [0.05, 0.1) is 11.1 Å². The van der Waals surface area contributed by atoms with Gasteiger partial charge in [-0.2, -0.15) is 0 Å². The van der Waals surface area contributed by atoms with Gasteiger partial charge in [-0.05, 0) is 24.6 Å². The molecule has 0 aliphatic rings. The van der Waals surface area contributed by atoms with E-state index in [1.54, 1.807) is 42.1 Å². The Labute approximate surface area is 104 Å². The molecule has 84 valence electrons. The minimum Gasteiger partial charge on any atom is -0.385 e. The van der Waals surface area contributed by atoms with Gasteiger partial charge < -0.3 is 5.11 Å². The van der Waals surface area contributed by atoms with Crippen molar-refractivity contribution in [3.8, 4) is 0 Å². The number of hydrogen-bond donors (Lipinski definition) is 1. The Balaban J connectivity index is 2.21. The first kappa shape index (κ1) is 11.6. The van der Waals surface area contributed by atoms with E-state index in [2.05, 4.69) is 4.98 Å². The van der Waals surface area contributed by atoms with E-state index in [0.29, 0.717) is 11.4 Å². The maximum atomic E-state index is 10.4. The van der Waals surface area contributed by atoms with Gasteiger partial charge in [-0.25, -0.2) is 0 Å². The van der Waals surface area contributed by atoms with Gasteiger partial charge >= 0.3 is 0 Å². The molecule has 0 saturated heterocycles. The molecule has 0 bridgehead atoms. The third-order valence-corrected chi connectivity index (χ3v) is 3.50. The number of hydrogen-bond acceptors (Lipinski definition) is 3. The predicted octanol–water partition coefficient (Wildman–Crippen LogP) is 3.25. The molecule has 0 amide bonds. The number of aromatic nitrogens is 1. The van der Waals surface area contributed by atoms with E-state index in [4.69, 9.17) is 11.6 Å². The normalized spacial score (nSPS) is 14.7. The lowest BCUT2D eigenvalue weighted by molar-refractivity contribution is 0.0584. The minimum absolute atomic E-state index is 0.569. The summed E-state index contributed by atoms with van der Waals surface area (Å²) in [5.41, 5.74) is 1.76. The number of nitrogens with zero attached hydrogens (tertiary/aromatic N) is 1. The van der Waals surface area contributed by atoms with Gasteiger partial charge in [0.25, 0.3) is 0 Å². The van der Waals surface area contributed by atoms with Gasteiger partial charge in [0.15, 0.2) is 0 Å². The summed E-state index contributed by atoms with van der Waals surface area (Å²) in [6, 6.07) is 7.28. The van der Waals surface area contributed by atoms with Gasteiger partial charge in [-0.1, -0.05) is 23.7 Å². The summed E-state index contributed by atoms with van der Waals surface area (Å²) in [6.07, 6.45) is 2.36. The molecule has 1 atom stereocenters. The molecule has 1 heterocycles. The Morgan fingerprint density at radius 1 is 1.38 bits per heavy atom. The molecular weight excluding hydrogens is 242 g/mol. The van der Waals surface area contributed by atoms with Crippen LogP contribution >= 0.6 is 22.9 Å². The van der Waals surface area contributed by atoms with Crippen LogP contribution < -0.4 is 0 Å². The molecule has 0 spiro atoms. The first-order chi connectivity index (χ1) is 7.58. The largest absolute Gasteiger partial charge is 0.385 e. The lowest BCUT2D eigenvalue weighted by Crippen LogP contribution is -2.23. The van der Waals surface area contributed by atoms with Crippen molar-refractivity contribution in [3.05, 3.63) is 51.4 Å². The Morgan fingerprint density at radius 3 is 2.62 bits per heavy atom. The van der Waals surface area contributed by atoms with Crippen LogP contribution in [-0.2, 0) is 12.0 Å². The second-order valence-electron chi connectivity index (χ2n) is 3.93. The molecule has 0 aliphatic carbocycles. The summed E-state index contributed by atoms with van der Waals surface area (Å²) in [6.45, 7) is 1.80. The average Bonchev–Trinajstić information content (AvgIpc) is 2.70. The van der Waals surface area contributed by atoms with Crippen LogP contribution in [0.1, 0.15) is 17.4 Å². The van der Waals surface area contributed by atoms with Gasteiger partial charge in [0.2, 0.25) is 0 Å². The van der Waals surface area contributed by atoms with Crippen molar-refractivity contribution >= 4 is 22.9 Å². The van der Waals surface area contributed by atoms with Crippen LogP contribution in [0.5, 0.6) is 0 Å². The Kier molecular flexibility index (Phi) is 3.28. The SMILES string of the molecule is CC(O)(Cc1cncs1)c1ccc(Cl)cc1. The molecule has 0 aliphatic heterocycles. The summed E-state index contributed by atoms with van der Waals surface area (Å²) in [4.78, 5) is 5.07. The third-order valence-electron chi connectivity index (χ3n) is 2.47. The zero-order valence-corrected chi connectivity index (χ0v) is 10.4. The maximum Gasteiger partial charge on any atom is 0.0917 e. The molecule has 1 aromatic carbocycles. The fourth-order valence-electron chi connectivity index (χ4n) is 1.58. The Morgan fingerprint density at radius 2 is 2.06 bits per heavy atom. The lowest BCUT2D eigenvalue weighted by atomic mass is 9.92. The van der Waals surface area contributed by atoms with E-state index < -0.39 is 5.60 Å². The highest BCUT2D eigenvalue weighted by Crippen LogP contribution is 2.27.